The van der Waals surface area contributed by atoms with Crippen LogP contribution in [-0.2, 0) is 0 Å². The maximum atomic E-state index is 12.1. The van der Waals surface area contributed by atoms with Gasteiger partial charge in [0.25, 0.3) is 5.91 Å². The predicted molar refractivity (Wildman–Crippen MR) is 79.2 cm³/mol. The molecule has 1 N–H and O–H groups in total. The Kier molecular flexibility index (Phi) is 3.39. The van der Waals surface area contributed by atoms with Gasteiger partial charge in [-0.2, -0.15) is 0 Å². The zero-order valence-corrected chi connectivity index (χ0v) is 11.6. The van der Waals surface area contributed by atoms with Crippen LogP contribution < -0.4 is 10.9 Å². The van der Waals surface area contributed by atoms with Gasteiger partial charge >= 0.3 is 10.6 Å². The Hall–Kier alpha value is -3.07. The van der Waals surface area contributed by atoms with E-state index in [2.05, 4.69) is 10.3 Å². The van der Waals surface area contributed by atoms with Gasteiger partial charge in [-0.3, -0.25) is 20.2 Å². The fraction of sp³-hybridized carbons (Fsp3) is 0. The van der Waals surface area contributed by atoms with E-state index in [1.807, 2.05) is 0 Å². The molecule has 0 spiro atoms. The van der Waals surface area contributed by atoms with Gasteiger partial charge in [-0.15, -0.1) is 0 Å². The lowest BCUT2D eigenvalue weighted by Gasteiger charge is -2.01. The van der Waals surface area contributed by atoms with Gasteiger partial charge in [-0.05, 0) is 23.5 Å². The number of nitrogens with one attached hydrogen (secondary N) is 1. The molecular weight excluding hydrogens is 310 g/mol. The third-order valence-electron chi connectivity index (χ3n) is 2.78. The van der Waals surface area contributed by atoms with E-state index in [1.165, 1.54) is 6.07 Å². The largest absolute Gasteiger partial charge is 0.422 e. The molecule has 0 bridgehead atoms. The molecule has 110 valence electrons. The number of rotatable bonds is 3. The van der Waals surface area contributed by atoms with Gasteiger partial charge in [0, 0.05) is 5.39 Å². The number of hydrogen-bond donors (Lipinski definition) is 1. The predicted octanol–water partition coefficient (Wildman–Crippen LogP) is 2.41. The average molecular weight is 317 g/mol. The molecule has 22 heavy (non-hydrogen) atoms. The van der Waals surface area contributed by atoms with Gasteiger partial charge in [-0.1, -0.05) is 18.2 Å². The first-order valence-electron chi connectivity index (χ1n) is 5.99. The van der Waals surface area contributed by atoms with Gasteiger partial charge in [-0.25, -0.2) is 9.78 Å². The molecule has 0 radical (unpaired) electrons. The van der Waals surface area contributed by atoms with Crippen LogP contribution in [0.5, 0.6) is 0 Å². The van der Waals surface area contributed by atoms with Crippen molar-refractivity contribution < 1.29 is 14.1 Å². The minimum Gasteiger partial charge on any atom is -0.422 e. The standard InChI is InChI=1S/C13H7N3O5S/c17-11(15-13-14-6-10(22-13)16(19)20)8-5-7-3-1-2-4-9(7)21-12(8)18/h1-6H,(H,14,15,17). The summed E-state index contributed by atoms with van der Waals surface area (Å²) in [6.45, 7) is 0. The maximum Gasteiger partial charge on any atom is 0.349 e. The molecule has 2 aromatic heterocycles. The van der Waals surface area contributed by atoms with Crippen molar-refractivity contribution in [2.75, 3.05) is 5.32 Å². The lowest BCUT2D eigenvalue weighted by atomic mass is 10.2. The Morgan fingerprint density at radius 2 is 2.14 bits per heavy atom. The van der Waals surface area contributed by atoms with E-state index in [4.69, 9.17) is 4.42 Å². The molecule has 1 amide bonds. The molecule has 0 atom stereocenters. The number of nitrogens with zero attached hydrogens (tertiary/aromatic N) is 2. The number of benzene rings is 1. The number of hydrogen-bond acceptors (Lipinski definition) is 7. The Labute approximate surface area is 126 Å². The summed E-state index contributed by atoms with van der Waals surface area (Å²) >= 11 is 0.699. The summed E-state index contributed by atoms with van der Waals surface area (Å²) in [5.74, 6) is -0.733. The SMILES string of the molecule is O=C(Nc1ncc([N+](=O)[O-])s1)c1cc2ccccc2oc1=O. The van der Waals surface area contributed by atoms with E-state index < -0.39 is 16.5 Å². The first kappa shape index (κ1) is 13.9. The number of anilines is 1. The van der Waals surface area contributed by atoms with E-state index in [0.29, 0.717) is 22.3 Å². The van der Waals surface area contributed by atoms with E-state index in [1.54, 1.807) is 24.3 Å². The van der Waals surface area contributed by atoms with Crippen molar-refractivity contribution in [3.05, 3.63) is 62.6 Å². The minimum absolute atomic E-state index is 0.0317. The van der Waals surface area contributed by atoms with Crippen molar-refractivity contribution in [2.45, 2.75) is 0 Å². The van der Waals surface area contributed by atoms with Gasteiger partial charge in [0.1, 0.15) is 17.3 Å². The molecule has 8 nitrogen and oxygen atoms in total. The van der Waals surface area contributed by atoms with Crippen molar-refractivity contribution in [3.8, 4) is 0 Å². The van der Waals surface area contributed by atoms with Crippen molar-refractivity contribution in [1.29, 1.82) is 0 Å². The highest BCUT2D eigenvalue weighted by Gasteiger charge is 2.17. The summed E-state index contributed by atoms with van der Waals surface area (Å²) in [6.07, 6.45) is 1.03. The summed E-state index contributed by atoms with van der Waals surface area (Å²) in [7, 11) is 0. The molecule has 0 aliphatic carbocycles. The Morgan fingerprint density at radius 3 is 2.86 bits per heavy atom. The molecule has 0 aliphatic heterocycles. The highest BCUT2D eigenvalue weighted by Crippen LogP contribution is 2.25. The summed E-state index contributed by atoms with van der Waals surface area (Å²) in [5.41, 5.74) is -0.618. The van der Waals surface area contributed by atoms with Gasteiger partial charge in [0.15, 0.2) is 5.13 Å². The van der Waals surface area contributed by atoms with Crippen LogP contribution in [0.4, 0.5) is 10.1 Å². The fourth-order valence-electron chi connectivity index (χ4n) is 1.79. The third-order valence-corrected chi connectivity index (χ3v) is 3.64. The lowest BCUT2D eigenvalue weighted by molar-refractivity contribution is -0.380. The molecule has 0 saturated heterocycles. The van der Waals surface area contributed by atoms with Crippen LogP contribution in [0.1, 0.15) is 10.4 Å². The van der Waals surface area contributed by atoms with Crippen LogP contribution in [0.3, 0.4) is 0 Å². The van der Waals surface area contributed by atoms with E-state index in [9.17, 15) is 19.7 Å². The normalized spacial score (nSPS) is 10.5. The Morgan fingerprint density at radius 1 is 1.36 bits per heavy atom. The number of para-hydroxylation sites is 1. The molecule has 0 unspecified atom stereocenters. The van der Waals surface area contributed by atoms with E-state index in [-0.39, 0.29) is 15.7 Å². The summed E-state index contributed by atoms with van der Waals surface area (Å²) in [4.78, 5) is 37.6. The molecule has 3 aromatic rings. The number of carbonyl (C=O) groups is 1. The van der Waals surface area contributed by atoms with Crippen LogP contribution in [0.15, 0.2) is 45.7 Å². The number of amides is 1. The number of thiazole rings is 1. The summed E-state index contributed by atoms with van der Waals surface area (Å²) in [5, 5.41) is 13.3. The zero-order valence-electron chi connectivity index (χ0n) is 10.8. The van der Waals surface area contributed by atoms with Crippen LogP contribution in [-0.4, -0.2) is 15.8 Å². The Balaban J connectivity index is 1.92. The first-order valence-corrected chi connectivity index (χ1v) is 6.81. The van der Waals surface area contributed by atoms with Crippen molar-refractivity contribution >= 4 is 38.3 Å². The monoisotopic (exact) mass is 317 g/mol. The van der Waals surface area contributed by atoms with Gasteiger partial charge in [0.2, 0.25) is 0 Å². The van der Waals surface area contributed by atoms with E-state index in [0.717, 1.165) is 6.20 Å². The number of nitro groups is 1. The molecule has 2 heterocycles. The fourth-order valence-corrected chi connectivity index (χ4v) is 2.42. The Bertz CT molecular complexity index is 946. The van der Waals surface area contributed by atoms with Crippen molar-refractivity contribution in [2.24, 2.45) is 0 Å². The molecule has 0 aliphatic rings. The molecular formula is C13H7N3O5S. The van der Waals surface area contributed by atoms with Gasteiger partial charge in [0.05, 0.1) is 4.92 Å². The highest BCUT2D eigenvalue weighted by molar-refractivity contribution is 7.18. The smallest absolute Gasteiger partial charge is 0.349 e. The molecule has 0 saturated carbocycles. The van der Waals surface area contributed by atoms with Crippen LogP contribution >= 0.6 is 11.3 Å². The maximum absolute atomic E-state index is 12.1. The number of carbonyl (C=O) groups excluding carboxylic acids is 1. The van der Waals surface area contributed by atoms with Crippen LogP contribution in [0.25, 0.3) is 11.0 Å². The second kappa shape index (κ2) is 5.37. The minimum atomic E-state index is -0.790. The topological polar surface area (TPSA) is 115 Å². The lowest BCUT2D eigenvalue weighted by Crippen LogP contribution is -2.20. The first-order chi connectivity index (χ1) is 10.5. The molecule has 1 aromatic carbocycles. The van der Waals surface area contributed by atoms with Crippen LogP contribution in [0.2, 0.25) is 0 Å². The number of fused-ring (bicyclic) bond motifs is 1. The van der Waals surface area contributed by atoms with Gasteiger partial charge < -0.3 is 4.42 Å². The van der Waals surface area contributed by atoms with Crippen LogP contribution in [0, 0.1) is 10.1 Å². The third kappa shape index (κ3) is 2.56. The zero-order chi connectivity index (χ0) is 15.7. The van der Waals surface area contributed by atoms with E-state index >= 15 is 0 Å². The second-order valence-electron chi connectivity index (χ2n) is 4.20. The average Bonchev–Trinajstić information content (AvgIpc) is 2.95. The quantitative estimate of drug-likeness (QED) is 0.450. The van der Waals surface area contributed by atoms with Crippen molar-refractivity contribution in [1.82, 2.24) is 4.98 Å². The summed E-state index contributed by atoms with van der Waals surface area (Å²) < 4.78 is 5.05. The van der Waals surface area contributed by atoms with Crippen molar-refractivity contribution in [3.63, 3.8) is 0 Å². The molecule has 9 heteroatoms. The molecule has 0 fully saturated rings. The highest BCUT2D eigenvalue weighted by atomic mass is 32.1. The second-order valence-corrected chi connectivity index (χ2v) is 5.21. The molecule has 3 rings (SSSR count). The number of aromatic nitrogens is 1. The summed E-state index contributed by atoms with van der Waals surface area (Å²) in [6, 6.07) is 8.17.